The fraction of sp³-hybridized carbons (Fsp3) is 0.625. The number of nitrogens with one attached hydrogen (secondary N) is 1. The summed E-state index contributed by atoms with van der Waals surface area (Å²) in [6, 6.07) is 6.86. The van der Waals surface area contributed by atoms with Crippen molar-refractivity contribution in [3.8, 4) is 11.5 Å². The third-order valence-electron chi connectivity index (χ3n) is 3.20. The summed E-state index contributed by atoms with van der Waals surface area (Å²) in [7, 11) is 0. The highest BCUT2D eigenvalue weighted by Gasteiger charge is 2.21. The van der Waals surface area contributed by atoms with E-state index in [0.29, 0.717) is 12.6 Å². The van der Waals surface area contributed by atoms with Gasteiger partial charge in [-0.3, -0.25) is 0 Å². The van der Waals surface area contributed by atoms with E-state index in [4.69, 9.17) is 9.47 Å². The van der Waals surface area contributed by atoms with Gasteiger partial charge in [0.2, 0.25) is 0 Å². The van der Waals surface area contributed by atoms with Crippen LogP contribution in [0.1, 0.15) is 32.3 Å². The Hall–Kier alpha value is -0.870. The molecule has 1 aliphatic rings. The molecule has 112 valence electrons. The van der Waals surface area contributed by atoms with Gasteiger partial charge < -0.3 is 14.8 Å². The van der Waals surface area contributed by atoms with Crippen LogP contribution in [-0.2, 0) is 6.54 Å². The molecule has 0 bridgehead atoms. The molecule has 0 saturated heterocycles. The molecule has 0 atom stereocenters. The average Bonchev–Trinajstić information content (AvgIpc) is 3.27. The lowest BCUT2D eigenvalue weighted by Gasteiger charge is -2.16. The van der Waals surface area contributed by atoms with Crippen molar-refractivity contribution in [3.63, 3.8) is 0 Å². The summed E-state index contributed by atoms with van der Waals surface area (Å²) < 4.78 is 11.7. The maximum atomic E-state index is 5.99. The lowest BCUT2D eigenvalue weighted by molar-refractivity contribution is 0.286. The number of thioether (sulfide) groups is 1. The van der Waals surface area contributed by atoms with Crippen LogP contribution in [-0.4, -0.2) is 30.8 Å². The molecule has 0 unspecified atom stereocenters. The molecular weight excluding hydrogens is 270 g/mol. The van der Waals surface area contributed by atoms with E-state index in [2.05, 4.69) is 18.3 Å². The maximum absolute atomic E-state index is 5.99. The van der Waals surface area contributed by atoms with Crippen LogP contribution in [0.2, 0.25) is 0 Å². The number of hydrogen-bond donors (Lipinski definition) is 1. The van der Waals surface area contributed by atoms with Crippen molar-refractivity contribution in [1.29, 1.82) is 0 Å². The van der Waals surface area contributed by atoms with Crippen LogP contribution in [0.5, 0.6) is 11.5 Å². The molecule has 2 rings (SSSR count). The molecule has 1 aromatic rings. The molecule has 0 heterocycles. The monoisotopic (exact) mass is 295 g/mol. The van der Waals surface area contributed by atoms with Crippen LogP contribution < -0.4 is 14.8 Å². The van der Waals surface area contributed by atoms with E-state index >= 15 is 0 Å². The van der Waals surface area contributed by atoms with E-state index in [1.165, 1.54) is 18.4 Å². The van der Waals surface area contributed by atoms with Crippen molar-refractivity contribution in [2.24, 2.45) is 0 Å². The quantitative estimate of drug-likeness (QED) is 0.670. The number of benzene rings is 1. The van der Waals surface area contributed by atoms with Gasteiger partial charge in [0.1, 0.15) is 0 Å². The summed E-state index contributed by atoms with van der Waals surface area (Å²) in [5.74, 6) is 3.93. The van der Waals surface area contributed by atoms with Gasteiger partial charge in [-0.15, -0.1) is 0 Å². The first-order chi connectivity index (χ1) is 9.85. The number of rotatable bonds is 10. The molecule has 1 aliphatic carbocycles. The van der Waals surface area contributed by atoms with Crippen LogP contribution in [0.4, 0.5) is 0 Å². The van der Waals surface area contributed by atoms with E-state index < -0.39 is 0 Å². The molecule has 1 N–H and O–H groups in total. The minimum absolute atomic E-state index is 0.666. The van der Waals surface area contributed by atoms with E-state index in [0.717, 1.165) is 36.2 Å². The van der Waals surface area contributed by atoms with E-state index in [-0.39, 0.29) is 0 Å². The van der Waals surface area contributed by atoms with Crippen LogP contribution in [0.3, 0.4) is 0 Å². The highest BCUT2D eigenvalue weighted by atomic mass is 32.2. The molecule has 0 amide bonds. The first-order valence-electron chi connectivity index (χ1n) is 7.53. The first-order valence-corrected chi connectivity index (χ1v) is 8.69. The Bertz CT molecular complexity index is 407. The molecule has 0 aromatic heterocycles. The van der Waals surface area contributed by atoms with Gasteiger partial charge in [-0.1, -0.05) is 19.1 Å². The van der Waals surface area contributed by atoms with Crippen molar-refractivity contribution >= 4 is 11.8 Å². The minimum atomic E-state index is 0.666. The summed E-state index contributed by atoms with van der Waals surface area (Å²) in [5.41, 5.74) is 1.20. The maximum Gasteiger partial charge on any atom is 0.165 e. The highest BCUT2D eigenvalue weighted by molar-refractivity contribution is 7.99. The predicted octanol–water partition coefficient (Wildman–Crippen LogP) is 3.47. The molecule has 0 spiro atoms. The topological polar surface area (TPSA) is 30.5 Å². The van der Waals surface area contributed by atoms with Crippen LogP contribution in [0, 0.1) is 0 Å². The van der Waals surface area contributed by atoms with Crippen molar-refractivity contribution in [2.75, 3.05) is 24.7 Å². The lowest BCUT2D eigenvalue weighted by Crippen LogP contribution is -2.16. The highest BCUT2D eigenvalue weighted by Crippen LogP contribution is 2.32. The summed E-state index contributed by atoms with van der Waals surface area (Å²) in [4.78, 5) is 0. The Morgan fingerprint density at radius 1 is 1.25 bits per heavy atom. The zero-order valence-electron chi connectivity index (χ0n) is 12.5. The minimum Gasteiger partial charge on any atom is -0.490 e. The van der Waals surface area contributed by atoms with Gasteiger partial charge in [0, 0.05) is 23.9 Å². The molecule has 1 aromatic carbocycles. The molecule has 1 saturated carbocycles. The summed E-state index contributed by atoms with van der Waals surface area (Å²) >= 11 is 1.90. The van der Waals surface area contributed by atoms with E-state index in [9.17, 15) is 0 Å². The standard InChI is InChI=1S/C16H25NO2S/c1-3-18-15-7-5-6-13(12-17-14-8-9-14)16(15)19-10-11-20-4-2/h5-7,14,17H,3-4,8-12H2,1-2H3. The number of hydrogen-bond acceptors (Lipinski definition) is 4. The third kappa shape index (κ3) is 4.91. The van der Waals surface area contributed by atoms with Crippen LogP contribution in [0.25, 0.3) is 0 Å². The largest absolute Gasteiger partial charge is 0.490 e. The zero-order valence-corrected chi connectivity index (χ0v) is 13.3. The molecule has 0 aliphatic heterocycles. The van der Waals surface area contributed by atoms with Gasteiger partial charge in [-0.25, -0.2) is 0 Å². The SMILES string of the molecule is CCOc1cccc(CNC2CC2)c1OCCSCC. The van der Waals surface area contributed by atoms with Crippen molar-refractivity contribution < 1.29 is 9.47 Å². The van der Waals surface area contributed by atoms with Gasteiger partial charge in [0.15, 0.2) is 11.5 Å². The third-order valence-corrected chi connectivity index (χ3v) is 4.06. The van der Waals surface area contributed by atoms with Gasteiger partial charge in [-0.05, 0) is 31.6 Å². The van der Waals surface area contributed by atoms with Crippen molar-refractivity contribution in [3.05, 3.63) is 23.8 Å². The molecule has 4 heteroatoms. The second kappa shape index (κ2) is 8.42. The number of ether oxygens (including phenoxy) is 2. The smallest absolute Gasteiger partial charge is 0.165 e. The number of para-hydroxylation sites is 1. The van der Waals surface area contributed by atoms with Crippen LogP contribution >= 0.6 is 11.8 Å². The van der Waals surface area contributed by atoms with Gasteiger partial charge >= 0.3 is 0 Å². The van der Waals surface area contributed by atoms with Crippen molar-refractivity contribution in [2.45, 2.75) is 39.3 Å². The fourth-order valence-corrected chi connectivity index (χ4v) is 2.51. The predicted molar refractivity (Wildman–Crippen MR) is 86.0 cm³/mol. The summed E-state index contributed by atoms with van der Waals surface area (Å²) in [6.07, 6.45) is 2.60. The van der Waals surface area contributed by atoms with Gasteiger partial charge in [-0.2, -0.15) is 11.8 Å². The van der Waals surface area contributed by atoms with E-state index in [1.54, 1.807) is 0 Å². The Labute approximate surface area is 126 Å². The fourth-order valence-electron chi connectivity index (χ4n) is 2.02. The molecular formula is C16H25NO2S. The van der Waals surface area contributed by atoms with Crippen LogP contribution in [0.15, 0.2) is 18.2 Å². The molecule has 20 heavy (non-hydrogen) atoms. The van der Waals surface area contributed by atoms with Gasteiger partial charge in [0.05, 0.1) is 13.2 Å². The Morgan fingerprint density at radius 2 is 2.10 bits per heavy atom. The Balaban J connectivity index is 2.00. The second-order valence-corrected chi connectivity index (χ2v) is 6.27. The zero-order chi connectivity index (χ0) is 14.2. The molecule has 0 radical (unpaired) electrons. The first kappa shape index (κ1) is 15.5. The second-order valence-electron chi connectivity index (χ2n) is 4.88. The summed E-state index contributed by atoms with van der Waals surface area (Å²) in [6.45, 7) is 6.44. The van der Waals surface area contributed by atoms with Gasteiger partial charge in [0.25, 0.3) is 0 Å². The average molecular weight is 295 g/mol. The van der Waals surface area contributed by atoms with Crippen molar-refractivity contribution in [1.82, 2.24) is 5.32 Å². The normalized spacial score (nSPS) is 14.3. The Kier molecular flexibility index (Phi) is 6.54. The lowest BCUT2D eigenvalue weighted by atomic mass is 10.2. The molecule has 3 nitrogen and oxygen atoms in total. The molecule has 1 fully saturated rings. The summed E-state index contributed by atoms with van der Waals surface area (Å²) in [5, 5.41) is 3.54. The van der Waals surface area contributed by atoms with E-state index in [1.807, 2.05) is 30.8 Å². The Morgan fingerprint density at radius 3 is 2.80 bits per heavy atom.